The van der Waals surface area contributed by atoms with E-state index in [0.29, 0.717) is 47.3 Å². The van der Waals surface area contributed by atoms with Crippen LogP contribution in [-0.2, 0) is 14.3 Å². The third kappa shape index (κ3) is 5.52. The van der Waals surface area contributed by atoms with Crippen LogP contribution < -0.4 is 14.4 Å². The maximum atomic E-state index is 13.8. The van der Waals surface area contributed by atoms with Crippen molar-refractivity contribution in [3.8, 4) is 11.5 Å². The Kier molecular flexibility index (Phi) is 9.00. The number of esters is 1. The molecule has 0 bridgehead atoms. The van der Waals surface area contributed by atoms with Crippen molar-refractivity contribution in [2.45, 2.75) is 53.0 Å². The smallest absolute Gasteiger partial charge is 0.350 e. The number of aliphatic hydroxyl groups is 1. The molecule has 0 radical (unpaired) electrons. The number of hydrogen-bond donors (Lipinski definition) is 1. The number of rotatable bonds is 11. The highest BCUT2D eigenvalue weighted by Gasteiger charge is 2.49. The summed E-state index contributed by atoms with van der Waals surface area (Å²) in [5, 5.41) is 11.9. The predicted octanol–water partition coefficient (Wildman–Crippen LogP) is 5.79. The van der Waals surface area contributed by atoms with Crippen LogP contribution in [0.25, 0.3) is 11.4 Å². The number of hydrogen-bond acceptors (Lipinski definition) is 10. The lowest BCUT2D eigenvalue weighted by Crippen LogP contribution is -2.29. The zero-order valence-electron chi connectivity index (χ0n) is 25.2. The summed E-state index contributed by atoms with van der Waals surface area (Å²) in [6, 6.07) is 9.44. The molecule has 0 saturated carbocycles. The zero-order chi connectivity index (χ0) is 31.5. The van der Waals surface area contributed by atoms with Gasteiger partial charge in [0.1, 0.15) is 16.2 Å². The molecule has 1 aliphatic heterocycles. The fourth-order valence-electron chi connectivity index (χ4n) is 5.26. The van der Waals surface area contributed by atoms with Crippen LogP contribution in [0.5, 0.6) is 11.5 Å². The van der Waals surface area contributed by atoms with Gasteiger partial charge in [-0.3, -0.25) is 18.9 Å². The topological polar surface area (TPSA) is 133 Å². The lowest BCUT2D eigenvalue weighted by atomic mass is 9.96. The Morgan fingerprint density at radius 2 is 1.82 bits per heavy atom. The minimum atomic E-state index is -1.10. The summed E-state index contributed by atoms with van der Waals surface area (Å²) in [6.07, 6.45) is 4.69. The summed E-state index contributed by atoms with van der Waals surface area (Å²) in [7, 11) is 1.26. The largest absolute Gasteiger partial charge is 0.505 e. The Morgan fingerprint density at radius 3 is 2.55 bits per heavy atom. The SMILES string of the molecule is CCCCCOc1ccc(C2/C(=C(\O)c3c(C)nc4ccccn34)C(=O)C(=O)N2c2nc(C)c(C(=O)OC)s2)cc1OCC. The third-order valence-corrected chi connectivity index (χ3v) is 8.46. The van der Waals surface area contributed by atoms with Crippen molar-refractivity contribution in [3.63, 3.8) is 0 Å². The van der Waals surface area contributed by atoms with Crippen molar-refractivity contribution in [1.29, 1.82) is 0 Å². The van der Waals surface area contributed by atoms with E-state index in [1.54, 1.807) is 54.8 Å². The number of aryl methyl sites for hydroxylation is 2. The molecule has 1 aliphatic rings. The van der Waals surface area contributed by atoms with Gasteiger partial charge in [-0.25, -0.2) is 14.8 Å². The summed E-state index contributed by atoms with van der Waals surface area (Å²) in [4.78, 5) is 50.4. The molecule has 11 nitrogen and oxygen atoms in total. The second-order valence-electron chi connectivity index (χ2n) is 10.2. The van der Waals surface area contributed by atoms with Crippen LogP contribution >= 0.6 is 11.3 Å². The van der Waals surface area contributed by atoms with Gasteiger partial charge in [0.25, 0.3) is 5.78 Å². The first-order chi connectivity index (χ1) is 21.2. The molecule has 1 amide bonds. The van der Waals surface area contributed by atoms with Gasteiger partial charge >= 0.3 is 11.9 Å². The lowest BCUT2D eigenvalue weighted by Gasteiger charge is -2.24. The number of benzene rings is 1. The number of ketones is 1. The van der Waals surface area contributed by atoms with Gasteiger partial charge in [-0.05, 0) is 57.0 Å². The molecule has 1 unspecified atom stereocenters. The summed E-state index contributed by atoms with van der Waals surface area (Å²) in [6.45, 7) is 8.16. The number of nitrogens with zero attached hydrogens (tertiary/aromatic N) is 4. The average Bonchev–Trinajstić information content (AvgIpc) is 3.65. The predicted molar refractivity (Wildman–Crippen MR) is 166 cm³/mol. The second-order valence-corrected chi connectivity index (χ2v) is 11.2. The number of aromatic nitrogens is 3. The van der Waals surface area contributed by atoms with E-state index in [1.807, 2.05) is 13.0 Å². The molecule has 0 aliphatic carbocycles. The van der Waals surface area contributed by atoms with E-state index >= 15 is 0 Å². The molecule has 5 rings (SSSR count). The summed E-state index contributed by atoms with van der Waals surface area (Å²) < 4.78 is 18.5. The average molecular weight is 619 g/mol. The van der Waals surface area contributed by atoms with Crippen LogP contribution in [0.15, 0.2) is 48.2 Å². The number of carbonyl (C=O) groups is 3. The first-order valence-electron chi connectivity index (χ1n) is 14.4. The van der Waals surface area contributed by atoms with Crippen LogP contribution in [-0.4, -0.2) is 57.5 Å². The lowest BCUT2D eigenvalue weighted by molar-refractivity contribution is -0.132. The molecule has 4 aromatic rings. The van der Waals surface area contributed by atoms with Gasteiger partial charge < -0.3 is 19.3 Å². The van der Waals surface area contributed by atoms with Crippen molar-refractivity contribution in [2.24, 2.45) is 0 Å². The third-order valence-electron chi connectivity index (χ3n) is 7.32. The second kappa shape index (κ2) is 12.9. The minimum absolute atomic E-state index is 0.113. The van der Waals surface area contributed by atoms with E-state index in [9.17, 15) is 19.5 Å². The van der Waals surface area contributed by atoms with Crippen LogP contribution in [0.1, 0.15) is 71.5 Å². The van der Waals surface area contributed by atoms with E-state index in [0.717, 1.165) is 30.6 Å². The van der Waals surface area contributed by atoms with Crippen molar-refractivity contribution in [3.05, 3.63) is 75.7 Å². The number of thiazole rings is 1. The number of carbonyl (C=O) groups excluding carboxylic acids is 3. The number of imidazole rings is 1. The van der Waals surface area contributed by atoms with Crippen LogP contribution in [0.4, 0.5) is 5.13 Å². The summed E-state index contributed by atoms with van der Waals surface area (Å²) >= 11 is 0.933. The number of aliphatic hydroxyl groups excluding tert-OH is 1. The van der Waals surface area contributed by atoms with Crippen molar-refractivity contribution in [2.75, 3.05) is 25.2 Å². The fourth-order valence-corrected chi connectivity index (χ4v) is 6.27. The molecular weight excluding hydrogens is 584 g/mol. The first-order valence-corrected chi connectivity index (χ1v) is 15.2. The summed E-state index contributed by atoms with van der Waals surface area (Å²) in [5.74, 6) is -1.83. The molecule has 1 aromatic carbocycles. The monoisotopic (exact) mass is 618 g/mol. The number of fused-ring (bicyclic) bond motifs is 1. The van der Waals surface area contributed by atoms with Gasteiger partial charge in [0, 0.05) is 6.20 Å². The van der Waals surface area contributed by atoms with Crippen LogP contribution in [0.3, 0.4) is 0 Å². The molecule has 1 N–H and O–H groups in total. The molecule has 4 heterocycles. The Labute approximate surface area is 258 Å². The highest BCUT2D eigenvalue weighted by Crippen LogP contribution is 2.46. The van der Waals surface area contributed by atoms with Crippen molar-refractivity contribution in [1.82, 2.24) is 14.4 Å². The first kappa shape index (κ1) is 30.7. The normalized spacial score (nSPS) is 16.1. The molecule has 1 saturated heterocycles. The standard InChI is InChI=1S/C32H34N4O7S/c1-6-8-11-16-43-21-14-13-20(17-22(21)42-7-2)26-24(27(37)25-18(3)33-23-12-9-10-15-35(23)25)28(38)30(39)36(26)32-34-19(4)29(44-32)31(40)41-5/h9-10,12-15,17,26,37H,6-8,11,16H2,1-5H3/b27-24+. The molecule has 1 fully saturated rings. The van der Waals surface area contributed by atoms with E-state index in [4.69, 9.17) is 14.2 Å². The molecular formula is C32H34N4O7S. The Hall–Kier alpha value is -4.71. The van der Waals surface area contributed by atoms with Crippen LogP contribution in [0.2, 0.25) is 0 Å². The number of methoxy groups -OCH3 is 1. The van der Waals surface area contributed by atoms with Crippen molar-refractivity contribution >= 4 is 45.5 Å². The van der Waals surface area contributed by atoms with Gasteiger partial charge in [-0.2, -0.15) is 0 Å². The van der Waals surface area contributed by atoms with Gasteiger partial charge in [0.05, 0.1) is 43.3 Å². The highest BCUT2D eigenvalue weighted by atomic mass is 32.1. The van der Waals surface area contributed by atoms with Gasteiger partial charge in [-0.1, -0.05) is 43.2 Å². The molecule has 3 aromatic heterocycles. The van der Waals surface area contributed by atoms with Crippen molar-refractivity contribution < 1.29 is 33.7 Å². The van der Waals surface area contributed by atoms with E-state index in [2.05, 4.69) is 16.9 Å². The summed E-state index contributed by atoms with van der Waals surface area (Å²) in [5.41, 5.74) is 2.02. The fraction of sp³-hybridized carbons (Fsp3) is 0.344. The zero-order valence-corrected chi connectivity index (χ0v) is 26.1. The molecule has 1 atom stereocenters. The number of ether oxygens (including phenoxy) is 3. The maximum Gasteiger partial charge on any atom is 0.350 e. The Bertz CT molecular complexity index is 1770. The van der Waals surface area contributed by atoms with Gasteiger partial charge in [-0.15, -0.1) is 0 Å². The molecule has 0 spiro atoms. The van der Waals surface area contributed by atoms with E-state index < -0.39 is 23.7 Å². The number of pyridine rings is 1. The number of amides is 1. The van der Waals surface area contributed by atoms with Crippen LogP contribution in [0, 0.1) is 13.8 Å². The Morgan fingerprint density at radius 1 is 1.02 bits per heavy atom. The number of unbranched alkanes of at least 4 members (excludes halogenated alkanes) is 2. The maximum absolute atomic E-state index is 13.8. The quantitative estimate of drug-likeness (QED) is 0.0729. The number of anilines is 1. The van der Waals surface area contributed by atoms with E-state index in [1.165, 1.54) is 12.0 Å². The van der Waals surface area contributed by atoms with Gasteiger partial charge in [0.2, 0.25) is 0 Å². The minimum Gasteiger partial charge on any atom is -0.505 e. The van der Waals surface area contributed by atoms with E-state index in [-0.39, 0.29) is 27.0 Å². The molecule has 230 valence electrons. The molecule has 44 heavy (non-hydrogen) atoms. The van der Waals surface area contributed by atoms with Gasteiger partial charge in [0.15, 0.2) is 22.4 Å². The Balaban J connectivity index is 1.71. The number of Topliss-reactive ketones (excluding diaryl/α,β-unsaturated/α-hetero) is 1. The molecule has 12 heteroatoms. The highest BCUT2D eigenvalue weighted by molar-refractivity contribution is 7.17.